The number of rotatable bonds is 10. The van der Waals surface area contributed by atoms with Gasteiger partial charge in [-0.05, 0) is 68.7 Å². The molecular formula is C31H36FN3O4S. The molecule has 212 valence electrons. The molecule has 9 heteroatoms. The van der Waals surface area contributed by atoms with Crippen molar-refractivity contribution < 1.29 is 22.4 Å². The highest BCUT2D eigenvalue weighted by Crippen LogP contribution is 2.25. The van der Waals surface area contributed by atoms with E-state index in [2.05, 4.69) is 5.32 Å². The summed E-state index contributed by atoms with van der Waals surface area (Å²) in [6, 6.07) is 19.7. The van der Waals surface area contributed by atoms with Crippen LogP contribution in [0.2, 0.25) is 0 Å². The maximum absolute atomic E-state index is 14.0. The van der Waals surface area contributed by atoms with Crippen molar-refractivity contribution in [3.8, 4) is 0 Å². The Kier molecular flexibility index (Phi) is 9.58. The highest BCUT2D eigenvalue weighted by Gasteiger charge is 2.33. The highest BCUT2D eigenvalue weighted by atomic mass is 32.2. The number of sulfonamides is 1. The molecule has 0 heterocycles. The van der Waals surface area contributed by atoms with Crippen LogP contribution in [0.1, 0.15) is 50.2 Å². The van der Waals surface area contributed by atoms with Crippen LogP contribution in [-0.4, -0.2) is 43.8 Å². The number of halogens is 1. The van der Waals surface area contributed by atoms with E-state index in [0.717, 1.165) is 59.7 Å². The molecule has 0 saturated heterocycles. The van der Waals surface area contributed by atoms with E-state index in [4.69, 9.17) is 0 Å². The van der Waals surface area contributed by atoms with Crippen LogP contribution < -0.4 is 9.62 Å². The van der Waals surface area contributed by atoms with Crippen molar-refractivity contribution in [1.29, 1.82) is 0 Å². The number of carbonyl (C=O) groups is 2. The number of anilines is 1. The maximum atomic E-state index is 14.0. The first-order valence-corrected chi connectivity index (χ1v) is 15.1. The average Bonchev–Trinajstić information content (AvgIpc) is 2.95. The number of para-hydroxylation sites is 1. The van der Waals surface area contributed by atoms with Crippen molar-refractivity contribution in [2.45, 2.75) is 69.5 Å². The van der Waals surface area contributed by atoms with Crippen molar-refractivity contribution in [2.24, 2.45) is 0 Å². The second-order valence-corrected chi connectivity index (χ2v) is 12.2. The quantitative estimate of drug-likeness (QED) is 0.366. The van der Waals surface area contributed by atoms with Gasteiger partial charge in [0.25, 0.3) is 10.0 Å². The number of hydrogen-bond acceptors (Lipinski definition) is 4. The molecule has 4 rings (SSSR count). The van der Waals surface area contributed by atoms with Crippen LogP contribution in [0.5, 0.6) is 0 Å². The lowest BCUT2D eigenvalue weighted by Crippen LogP contribution is -2.53. The van der Waals surface area contributed by atoms with Crippen molar-refractivity contribution in [2.75, 3.05) is 10.8 Å². The van der Waals surface area contributed by atoms with Crippen molar-refractivity contribution in [3.05, 3.63) is 95.8 Å². The minimum Gasteiger partial charge on any atom is -0.352 e. The van der Waals surface area contributed by atoms with Gasteiger partial charge in [0.1, 0.15) is 18.4 Å². The van der Waals surface area contributed by atoms with Gasteiger partial charge >= 0.3 is 0 Å². The molecular weight excluding hydrogens is 529 g/mol. The first kappa shape index (κ1) is 29.3. The predicted molar refractivity (Wildman–Crippen MR) is 154 cm³/mol. The standard InChI is InChI=1S/C31H36FN3O4S/c1-23-10-9-11-25(20-23)21-34(24(2)31(37)33-27-12-5-3-6-13-27)30(36)22-35(28-14-7-4-8-15-28)40(38,39)29-18-16-26(32)17-19-29/h4,7-11,14-20,24,27H,3,5-6,12-13,21-22H2,1-2H3,(H,33,37). The van der Waals surface area contributed by atoms with E-state index < -0.39 is 34.3 Å². The van der Waals surface area contributed by atoms with Crippen LogP contribution in [0.25, 0.3) is 0 Å². The summed E-state index contributed by atoms with van der Waals surface area (Å²) >= 11 is 0. The van der Waals surface area contributed by atoms with Gasteiger partial charge in [-0.15, -0.1) is 0 Å². The Bertz CT molecular complexity index is 1410. The van der Waals surface area contributed by atoms with Gasteiger partial charge in [0.15, 0.2) is 0 Å². The fourth-order valence-corrected chi connectivity index (χ4v) is 6.43. The molecule has 1 atom stereocenters. The van der Waals surface area contributed by atoms with Gasteiger partial charge < -0.3 is 10.2 Å². The van der Waals surface area contributed by atoms with E-state index in [1.807, 2.05) is 31.2 Å². The average molecular weight is 566 g/mol. The van der Waals surface area contributed by atoms with Crippen LogP contribution in [0.4, 0.5) is 10.1 Å². The lowest BCUT2D eigenvalue weighted by atomic mass is 9.95. The van der Waals surface area contributed by atoms with Gasteiger partial charge in [0, 0.05) is 12.6 Å². The SMILES string of the molecule is Cc1cccc(CN(C(=O)CN(c2ccccc2)S(=O)(=O)c2ccc(F)cc2)C(C)C(=O)NC2CCCCC2)c1. The third-order valence-corrected chi connectivity index (χ3v) is 9.07. The monoisotopic (exact) mass is 565 g/mol. The fourth-order valence-electron chi connectivity index (χ4n) is 5.02. The molecule has 1 N–H and O–H groups in total. The Morgan fingerprint density at radius 2 is 1.62 bits per heavy atom. The molecule has 1 saturated carbocycles. The maximum Gasteiger partial charge on any atom is 0.264 e. The van der Waals surface area contributed by atoms with Crippen LogP contribution in [0, 0.1) is 12.7 Å². The molecule has 0 bridgehead atoms. The summed E-state index contributed by atoms with van der Waals surface area (Å²) in [5, 5.41) is 3.10. The molecule has 1 aliphatic rings. The third kappa shape index (κ3) is 7.27. The lowest BCUT2D eigenvalue weighted by molar-refractivity contribution is -0.139. The minimum absolute atomic E-state index is 0.0688. The van der Waals surface area contributed by atoms with Crippen LogP contribution >= 0.6 is 0 Å². The smallest absolute Gasteiger partial charge is 0.264 e. The van der Waals surface area contributed by atoms with Gasteiger partial charge in [-0.2, -0.15) is 0 Å². The number of nitrogens with one attached hydrogen (secondary N) is 1. The van der Waals surface area contributed by atoms with E-state index >= 15 is 0 Å². The summed E-state index contributed by atoms with van der Waals surface area (Å²) in [4.78, 5) is 28.6. The second-order valence-electron chi connectivity index (χ2n) is 10.3. The number of hydrogen-bond donors (Lipinski definition) is 1. The van der Waals surface area contributed by atoms with E-state index in [0.29, 0.717) is 0 Å². The molecule has 0 aromatic heterocycles. The minimum atomic E-state index is -4.23. The third-order valence-electron chi connectivity index (χ3n) is 7.28. The summed E-state index contributed by atoms with van der Waals surface area (Å²) in [6.07, 6.45) is 5.07. The first-order chi connectivity index (χ1) is 19.1. The van der Waals surface area contributed by atoms with E-state index in [1.165, 1.54) is 17.0 Å². The lowest BCUT2D eigenvalue weighted by Gasteiger charge is -2.33. The number of carbonyl (C=O) groups excluding carboxylic acids is 2. The zero-order chi connectivity index (χ0) is 28.7. The molecule has 1 aliphatic carbocycles. The summed E-state index contributed by atoms with van der Waals surface area (Å²) < 4.78 is 42.0. The van der Waals surface area contributed by atoms with Gasteiger partial charge in [-0.1, -0.05) is 67.3 Å². The van der Waals surface area contributed by atoms with E-state index in [1.54, 1.807) is 37.3 Å². The fraction of sp³-hybridized carbons (Fsp3) is 0.355. The Labute approximate surface area is 236 Å². The molecule has 0 radical (unpaired) electrons. The van der Waals surface area contributed by atoms with Gasteiger partial charge in [0.2, 0.25) is 11.8 Å². The molecule has 0 spiro atoms. The van der Waals surface area contributed by atoms with Crippen LogP contribution in [-0.2, 0) is 26.2 Å². The van der Waals surface area contributed by atoms with E-state index in [9.17, 15) is 22.4 Å². The molecule has 40 heavy (non-hydrogen) atoms. The van der Waals surface area contributed by atoms with E-state index in [-0.39, 0.29) is 29.1 Å². The van der Waals surface area contributed by atoms with Crippen molar-refractivity contribution in [1.82, 2.24) is 10.2 Å². The number of benzene rings is 3. The van der Waals surface area contributed by atoms with Gasteiger partial charge in [0.05, 0.1) is 10.6 Å². The zero-order valence-electron chi connectivity index (χ0n) is 22.9. The number of amides is 2. The Morgan fingerprint density at radius 1 is 0.950 bits per heavy atom. The normalized spacial score (nSPS) is 14.8. The van der Waals surface area contributed by atoms with Crippen molar-refractivity contribution in [3.63, 3.8) is 0 Å². The Balaban J connectivity index is 1.65. The highest BCUT2D eigenvalue weighted by molar-refractivity contribution is 7.92. The molecule has 1 unspecified atom stereocenters. The molecule has 3 aromatic rings. The summed E-state index contributed by atoms with van der Waals surface area (Å²) in [5.74, 6) is -1.36. The zero-order valence-corrected chi connectivity index (χ0v) is 23.7. The van der Waals surface area contributed by atoms with Gasteiger partial charge in [-0.3, -0.25) is 13.9 Å². The summed E-state index contributed by atoms with van der Waals surface area (Å²) in [6.45, 7) is 3.23. The molecule has 3 aromatic carbocycles. The largest absolute Gasteiger partial charge is 0.352 e. The van der Waals surface area contributed by atoms with Crippen LogP contribution in [0.3, 0.4) is 0 Å². The molecule has 1 fully saturated rings. The van der Waals surface area contributed by atoms with Crippen LogP contribution in [0.15, 0.2) is 83.8 Å². The number of nitrogens with zero attached hydrogens (tertiary/aromatic N) is 2. The Morgan fingerprint density at radius 3 is 2.27 bits per heavy atom. The van der Waals surface area contributed by atoms with Crippen molar-refractivity contribution >= 4 is 27.5 Å². The molecule has 0 aliphatic heterocycles. The predicted octanol–water partition coefficient (Wildman–Crippen LogP) is 5.20. The second kappa shape index (κ2) is 13.1. The molecule has 2 amide bonds. The number of aryl methyl sites for hydroxylation is 1. The topological polar surface area (TPSA) is 86.8 Å². The Hall–Kier alpha value is -3.72. The summed E-state index contributed by atoms with van der Waals surface area (Å²) in [7, 11) is -4.23. The molecule has 7 nitrogen and oxygen atoms in total. The first-order valence-electron chi connectivity index (χ1n) is 13.6. The van der Waals surface area contributed by atoms with Gasteiger partial charge in [-0.25, -0.2) is 12.8 Å². The summed E-state index contributed by atoms with van der Waals surface area (Å²) in [5.41, 5.74) is 2.13.